The number of hydrogen-bond acceptors (Lipinski definition) is 1. The molecule has 1 aromatic rings. The minimum absolute atomic E-state index is 0.901. The average Bonchev–Trinajstić information content (AvgIpc) is 2.21. The Kier molecular flexibility index (Phi) is 1.95. The molecule has 0 bridgehead atoms. The molecule has 1 heterocycles. The molecule has 0 saturated carbocycles. The summed E-state index contributed by atoms with van der Waals surface area (Å²) >= 11 is 0. The number of ether oxygens (including phenoxy) is 1. The van der Waals surface area contributed by atoms with Crippen LogP contribution in [0, 0.1) is 6.07 Å². The SMILES string of the molecule is [c]1ccccc1C1=CCC=CO1. The van der Waals surface area contributed by atoms with E-state index in [0.717, 1.165) is 17.7 Å². The molecule has 0 unspecified atom stereocenters. The van der Waals surface area contributed by atoms with Crippen molar-refractivity contribution in [3.05, 3.63) is 54.3 Å². The Morgan fingerprint density at radius 2 is 2.33 bits per heavy atom. The number of rotatable bonds is 1. The summed E-state index contributed by atoms with van der Waals surface area (Å²) in [7, 11) is 0. The van der Waals surface area contributed by atoms with Gasteiger partial charge < -0.3 is 4.74 Å². The molecule has 1 aromatic carbocycles. The summed E-state index contributed by atoms with van der Waals surface area (Å²) < 4.78 is 5.31. The van der Waals surface area contributed by atoms with Crippen LogP contribution in [0.4, 0.5) is 0 Å². The van der Waals surface area contributed by atoms with Gasteiger partial charge in [0.2, 0.25) is 0 Å². The molecule has 0 spiro atoms. The van der Waals surface area contributed by atoms with Crippen LogP contribution in [-0.2, 0) is 4.74 Å². The van der Waals surface area contributed by atoms with Crippen LogP contribution in [0.5, 0.6) is 0 Å². The standard InChI is InChI=1S/C11H9O/c1-2-6-10(7-3-1)11-8-4-5-9-12-11/h1-3,5-6,8-9H,4H2. The monoisotopic (exact) mass is 157 g/mol. The molecular weight excluding hydrogens is 148 g/mol. The largest absolute Gasteiger partial charge is 0.465 e. The molecule has 2 rings (SSSR count). The lowest BCUT2D eigenvalue weighted by atomic mass is 10.1. The van der Waals surface area contributed by atoms with Crippen LogP contribution in [0.1, 0.15) is 12.0 Å². The molecule has 0 amide bonds. The summed E-state index contributed by atoms with van der Waals surface area (Å²) in [5, 5.41) is 0. The van der Waals surface area contributed by atoms with Gasteiger partial charge in [0.1, 0.15) is 5.76 Å². The first-order valence-corrected chi connectivity index (χ1v) is 3.96. The Bertz CT molecular complexity index is 309. The van der Waals surface area contributed by atoms with E-state index in [1.807, 2.05) is 36.4 Å². The maximum Gasteiger partial charge on any atom is 0.130 e. The summed E-state index contributed by atoms with van der Waals surface area (Å²) in [5.41, 5.74) is 1.02. The summed E-state index contributed by atoms with van der Waals surface area (Å²) in [6.07, 6.45) is 6.69. The third-order valence-electron chi connectivity index (χ3n) is 1.71. The van der Waals surface area contributed by atoms with E-state index in [1.165, 1.54) is 0 Å². The first-order valence-electron chi connectivity index (χ1n) is 3.96. The van der Waals surface area contributed by atoms with Gasteiger partial charge in [-0.2, -0.15) is 0 Å². The molecule has 12 heavy (non-hydrogen) atoms. The van der Waals surface area contributed by atoms with Crippen LogP contribution in [0.25, 0.3) is 5.76 Å². The minimum Gasteiger partial charge on any atom is -0.465 e. The predicted molar refractivity (Wildman–Crippen MR) is 48.1 cm³/mol. The number of hydrogen-bond donors (Lipinski definition) is 0. The van der Waals surface area contributed by atoms with E-state index in [9.17, 15) is 0 Å². The summed E-state index contributed by atoms with van der Waals surface area (Å²) in [6, 6.07) is 10.9. The molecule has 0 aromatic heterocycles. The first-order chi connectivity index (χ1) is 5.97. The second kappa shape index (κ2) is 3.26. The summed E-state index contributed by atoms with van der Waals surface area (Å²) in [4.78, 5) is 0. The van der Waals surface area contributed by atoms with E-state index in [2.05, 4.69) is 6.07 Å². The molecule has 1 heteroatoms. The molecule has 59 valence electrons. The van der Waals surface area contributed by atoms with E-state index in [0.29, 0.717) is 0 Å². The highest BCUT2D eigenvalue weighted by molar-refractivity contribution is 5.60. The van der Waals surface area contributed by atoms with Gasteiger partial charge in [-0.25, -0.2) is 0 Å². The molecule has 0 N–H and O–H groups in total. The topological polar surface area (TPSA) is 9.23 Å². The highest BCUT2D eigenvalue weighted by atomic mass is 16.5. The van der Waals surface area contributed by atoms with E-state index >= 15 is 0 Å². The molecule has 0 saturated heterocycles. The normalized spacial score (nSPS) is 15.2. The van der Waals surface area contributed by atoms with E-state index in [1.54, 1.807) is 6.26 Å². The van der Waals surface area contributed by atoms with Crippen molar-refractivity contribution in [2.24, 2.45) is 0 Å². The van der Waals surface area contributed by atoms with Crippen LogP contribution in [0.2, 0.25) is 0 Å². The molecule has 0 fully saturated rings. The Hall–Kier alpha value is -1.50. The van der Waals surface area contributed by atoms with Crippen molar-refractivity contribution in [1.29, 1.82) is 0 Å². The van der Waals surface area contributed by atoms with Crippen molar-refractivity contribution in [1.82, 2.24) is 0 Å². The molecule has 1 aliphatic rings. The molecule has 1 aliphatic heterocycles. The van der Waals surface area contributed by atoms with Crippen molar-refractivity contribution in [2.75, 3.05) is 0 Å². The maximum atomic E-state index is 5.31. The highest BCUT2D eigenvalue weighted by Gasteiger charge is 2.01. The van der Waals surface area contributed by atoms with E-state index < -0.39 is 0 Å². The maximum absolute atomic E-state index is 5.31. The second-order valence-electron chi connectivity index (χ2n) is 2.57. The molecule has 1 radical (unpaired) electrons. The molecule has 0 atom stereocenters. The Morgan fingerprint density at radius 3 is 3.00 bits per heavy atom. The number of allylic oxidation sites excluding steroid dienone is 2. The van der Waals surface area contributed by atoms with Crippen molar-refractivity contribution in [3.63, 3.8) is 0 Å². The van der Waals surface area contributed by atoms with Crippen molar-refractivity contribution >= 4 is 5.76 Å². The van der Waals surface area contributed by atoms with Crippen LogP contribution in [0.15, 0.2) is 42.7 Å². The zero-order valence-corrected chi connectivity index (χ0v) is 6.66. The third kappa shape index (κ3) is 1.40. The fourth-order valence-electron chi connectivity index (χ4n) is 1.12. The first kappa shape index (κ1) is 7.17. The van der Waals surface area contributed by atoms with Crippen LogP contribution in [-0.4, -0.2) is 0 Å². The fraction of sp³-hybridized carbons (Fsp3) is 0.0909. The third-order valence-corrected chi connectivity index (χ3v) is 1.71. The van der Waals surface area contributed by atoms with Crippen molar-refractivity contribution in [3.8, 4) is 0 Å². The van der Waals surface area contributed by atoms with Gasteiger partial charge >= 0.3 is 0 Å². The van der Waals surface area contributed by atoms with Crippen LogP contribution >= 0.6 is 0 Å². The van der Waals surface area contributed by atoms with Gasteiger partial charge in [-0.3, -0.25) is 0 Å². The fourth-order valence-corrected chi connectivity index (χ4v) is 1.12. The van der Waals surface area contributed by atoms with Gasteiger partial charge in [-0.05, 0) is 24.6 Å². The summed E-state index contributed by atoms with van der Waals surface area (Å²) in [6.45, 7) is 0. The van der Waals surface area contributed by atoms with E-state index in [-0.39, 0.29) is 0 Å². The minimum atomic E-state index is 0.901. The Balaban J connectivity index is 2.26. The van der Waals surface area contributed by atoms with Gasteiger partial charge in [-0.15, -0.1) is 0 Å². The van der Waals surface area contributed by atoms with Gasteiger partial charge in [0.25, 0.3) is 0 Å². The zero-order valence-electron chi connectivity index (χ0n) is 6.66. The zero-order chi connectivity index (χ0) is 8.23. The van der Waals surface area contributed by atoms with Gasteiger partial charge in [0, 0.05) is 5.56 Å². The Morgan fingerprint density at radius 1 is 1.33 bits per heavy atom. The molecule has 1 nitrogen and oxygen atoms in total. The van der Waals surface area contributed by atoms with E-state index in [4.69, 9.17) is 4.74 Å². The van der Waals surface area contributed by atoms with Crippen LogP contribution in [0.3, 0.4) is 0 Å². The smallest absolute Gasteiger partial charge is 0.130 e. The lowest BCUT2D eigenvalue weighted by molar-refractivity contribution is 0.427. The molecular formula is C11H9O. The van der Waals surface area contributed by atoms with Gasteiger partial charge in [-0.1, -0.05) is 24.3 Å². The quantitative estimate of drug-likeness (QED) is 0.609. The number of benzene rings is 1. The predicted octanol–water partition coefficient (Wildman–Crippen LogP) is 2.76. The van der Waals surface area contributed by atoms with Gasteiger partial charge in [0.05, 0.1) is 6.26 Å². The van der Waals surface area contributed by atoms with Crippen LogP contribution < -0.4 is 0 Å². The van der Waals surface area contributed by atoms with Crippen molar-refractivity contribution < 1.29 is 4.74 Å². The van der Waals surface area contributed by atoms with Crippen molar-refractivity contribution in [2.45, 2.75) is 6.42 Å². The lowest BCUT2D eigenvalue weighted by Gasteiger charge is -2.08. The average molecular weight is 157 g/mol. The second-order valence-corrected chi connectivity index (χ2v) is 2.57. The summed E-state index contributed by atoms with van der Waals surface area (Å²) in [5.74, 6) is 0.901. The Labute approximate surface area is 72.0 Å². The molecule has 0 aliphatic carbocycles. The van der Waals surface area contributed by atoms with Gasteiger partial charge in [0.15, 0.2) is 0 Å². The highest BCUT2D eigenvalue weighted by Crippen LogP contribution is 2.18. The lowest BCUT2D eigenvalue weighted by Crippen LogP contribution is -1.89.